The molecule has 0 radical (unpaired) electrons. The summed E-state index contributed by atoms with van der Waals surface area (Å²) in [7, 11) is 0. The predicted octanol–water partition coefficient (Wildman–Crippen LogP) is 4.10. The molecular weight excluding hydrogens is 388 g/mol. The first-order valence-electron chi connectivity index (χ1n) is 9.07. The molecule has 1 heterocycles. The van der Waals surface area contributed by atoms with Crippen LogP contribution < -0.4 is 10.2 Å². The molecule has 0 bridgehead atoms. The molecule has 1 atom stereocenters. The van der Waals surface area contributed by atoms with Crippen LogP contribution in [0.25, 0.3) is 6.08 Å². The Morgan fingerprint density at radius 3 is 2.52 bits per heavy atom. The van der Waals surface area contributed by atoms with Crippen molar-refractivity contribution in [2.75, 3.05) is 31.2 Å². The van der Waals surface area contributed by atoms with Crippen molar-refractivity contribution in [1.29, 1.82) is 0 Å². The highest BCUT2D eigenvalue weighted by molar-refractivity contribution is 5.92. The first-order chi connectivity index (χ1) is 13.8. The van der Waals surface area contributed by atoms with Gasteiger partial charge in [-0.2, -0.15) is 13.2 Å². The third-order valence-corrected chi connectivity index (χ3v) is 4.51. The van der Waals surface area contributed by atoms with E-state index in [9.17, 15) is 22.4 Å². The minimum absolute atomic E-state index is 0.0749. The van der Waals surface area contributed by atoms with Gasteiger partial charge in [-0.25, -0.2) is 4.39 Å². The van der Waals surface area contributed by atoms with E-state index in [0.717, 1.165) is 12.2 Å². The minimum atomic E-state index is -4.69. The van der Waals surface area contributed by atoms with Crippen LogP contribution in [0.3, 0.4) is 0 Å². The van der Waals surface area contributed by atoms with Gasteiger partial charge in [-0.1, -0.05) is 30.3 Å². The number of nitrogens with one attached hydrogen (secondary N) is 1. The fourth-order valence-electron chi connectivity index (χ4n) is 3.04. The topological polar surface area (TPSA) is 41.6 Å². The number of alkyl halides is 3. The van der Waals surface area contributed by atoms with Crippen LogP contribution in [-0.4, -0.2) is 38.4 Å². The van der Waals surface area contributed by atoms with Gasteiger partial charge in [0.25, 0.3) is 0 Å². The molecule has 1 amide bonds. The van der Waals surface area contributed by atoms with Crippen LogP contribution in [0.1, 0.15) is 17.2 Å². The molecule has 2 aromatic carbocycles. The van der Waals surface area contributed by atoms with Crippen molar-refractivity contribution in [2.45, 2.75) is 12.2 Å². The number of amides is 1. The van der Waals surface area contributed by atoms with Crippen LogP contribution in [-0.2, 0) is 9.53 Å². The molecule has 0 saturated carbocycles. The van der Waals surface area contributed by atoms with Crippen molar-refractivity contribution in [3.63, 3.8) is 0 Å². The van der Waals surface area contributed by atoms with Crippen molar-refractivity contribution in [2.24, 2.45) is 0 Å². The van der Waals surface area contributed by atoms with Gasteiger partial charge in [-0.05, 0) is 29.8 Å². The van der Waals surface area contributed by atoms with E-state index in [-0.39, 0.29) is 11.1 Å². The minimum Gasteiger partial charge on any atom is -0.378 e. The zero-order valence-corrected chi connectivity index (χ0v) is 15.5. The quantitative estimate of drug-likeness (QED) is 0.599. The van der Waals surface area contributed by atoms with E-state index in [0.29, 0.717) is 32.0 Å². The number of carbonyl (C=O) groups excluding carboxylic acids is 1. The maximum Gasteiger partial charge on any atom is 0.412 e. The molecule has 2 aromatic rings. The molecule has 3 rings (SSSR count). The zero-order chi connectivity index (χ0) is 20.9. The third-order valence-electron chi connectivity index (χ3n) is 4.51. The van der Waals surface area contributed by atoms with E-state index in [2.05, 4.69) is 0 Å². The number of nitrogens with zero attached hydrogens (tertiary/aromatic N) is 1. The second-order valence-corrected chi connectivity index (χ2v) is 6.53. The number of benzene rings is 2. The summed E-state index contributed by atoms with van der Waals surface area (Å²) in [6, 6.07) is 9.49. The molecule has 0 aromatic heterocycles. The highest BCUT2D eigenvalue weighted by Crippen LogP contribution is 2.34. The smallest absolute Gasteiger partial charge is 0.378 e. The number of morpholine rings is 1. The van der Waals surface area contributed by atoms with E-state index < -0.39 is 23.9 Å². The average Bonchev–Trinajstić information content (AvgIpc) is 2.71. The number of ether oxygens (including phenoxy) is 1. The Morgan fingerprint density at radius 2 is 1.83 bits per heavy atom. The Morgan fingerprint density at radius 1 is 1.10 bits per heavy atom. The molecule has 29 heavy (non-hydrogen) atoms. The van der Waals surface area contributed by atoms with Crippen LogP contribution in [0.4, 0.5) is 23.2 Å². The lowest BCUT2D eigenvalue weighted by Gasteiger charge is -2.30. The Kier molecular flexibility index (Phi) is 6.53. The monoisotopic (exact) mass is 408 g/mol. The fourth-order valence-corrected chi connectivity index (χ4v) is 3.04. The third kappa shape index (κ3) is 5.57. The van der Waals surface area contributed by atoms with Gasteiger partial charge in [0.2, 0.25) is 5.91 Å². The molecule has 1 saturated heterocycles. The van der Waals surface area contributed by atoms with Gasteiger partial charge in [0.1, 0.15) is 5.82 Å². The molecule has 1 fully saturated rings. The highest BCUT2D eigenvalue weighted by atomic mass is 19.4. The van der Waals surface area contributed by atoms with Crippen molar-refractivity contribution >= 4 is 17.7 Å². The summed E-state index contributed by atoms with van der Waals surface area (Å²) < 4.78 is 59.8. The molecule has 0 spiro atoms. The molecular formula is C21H20F4N2O2. The summed E-state index contributed by atoms with van der Waals surface area (Å²) in [6.07, 6.45) is -2.66. The molecule has 1 unspecified atom stereocenters. The summed E-state index contributed by atoms with van der Waals surface area (Å²) in [5.74, 6) is -1.53. The summed E-state index contributed by atoms with van der Waals surface area (Å²) in [4.78, 5) is 14.0. The van der Waals surface area contributed by atoms with Crippen molar-refractivity contribution in [3.8, 4) is 0 Å². The highest BCUT2D eigenvalue weighted by Gasteiger charge is 2.41. The summed E-state index contributed by atoms with van der Waals surface area (Å²) in [5, 5.41) is 1.98. The van der Waals surface area contributed by atoms with Gasteiger partial charge in [0.05, 0.1) is 13.2 Å². The Bertz CT molecular complexity index is 877. The number of halogens is 4. The van der Waals surface area contributed by atoms with Gasteiger partial charge in [-0.3, -0.25) is 4.79 Å². The zero-order valence-electron chi connectivity index (χ0n) is 15.5. The molecule has 0 aliphatic carbocycles. The van der Waals surface area contributed by atoms with Crippen molar-refractivity contribution < 1.29 is 27.1 Å². The van der Waals surface area contributed by atoms with Crippen LogP contribution in [0.5, 0.6) is 0 Å². The molecule has 8 heteroatoms. The van der Waals surface area contributed by atoms with Crippen LogP contribution in [0.2, 0.25) is 0 Å². The van der Waals surface area contributed by atoms with Crippen LogP contribution >= 0.6 is 0 Å². The molecule has 1 aliphatic heterocycles. The predicted molar refractivity (Wildman–Crippen MR) is 102 cm³/mol. The van der Waals surface area contributed by atoms with Gasteiger partial charge in [0.15, 0.2) is 6.04 Å². The summed E-state index contributed by atoms with van der Waals surface area (Å²) in [6.45, 7) is 2.17. The number of carbonyl (C=O) groups is 1. The SMILES string of the molecule is O=C(/C=C/c1ccccc1F)NC(c1cccc(N2CCOCC2)c1)C(F)(F)F. The number of hydrogen-bond donors (Lipinski definition) is 1. The number of anilines is 1. The molecule has 4 nitrogen and oxygen atoms in total. The van der Waals surface area contributed by atoms with E-state index in [4.69, 9.17) is 4.74 Å². The van der Waals surface area contributed by atoms with Gasteiger partial charge in [0, 0.05) is 30.4 Å². The maximum atomic E-state index is 13.6. The van der Waals surface area contributed by atoms with E-state index >= 15 is 0 Å². The molecule has 1 N–H and O–H groups in total. The molecule has 1 aliphatic rings. The van der Waals surface area contributed by atoms with E-state index in [1.54, 1.807) is 12.1 Å². The van der Waals surface area contributed by atoms with E-state index in [1.807, 2.05) is 10.2 Å². The number of rotatable bonds is 5. The van der Waals surface area contributed by atoms with Crippen LogP contribution in [0.15, 0.2) is 54.6 Å². The summed E-state index contributed by atoms with van der Waals surface area (Å²) in [5.41, 5.74) is 0.672. The standard InChI is InChI=1S/C21H20F4N2O2/c22-18-7-2-1-4-15(18)8-9-19(28)26-20(21(23,24)25)16-5-3-6-17(14-16)27-10-12-29-13-11-27/h1-9,14,20H,10-13H2,(H,26,28)/b9-8+. The molecule has 154 valence electrons. The van der Waals surface area contributed by atoms with Gasteiger partial charge < -0.3 is 15.0 Å². The lowest BCUT2D eigenvalue weighted by atomic mass is 10.0. The fraction of sp³-hybridized carbons (Fsp3) is 0.286. The first kappa shape index (κ1) is 20.9. The summed E-state index contributed by atoms with van der Waals surface area (Å²) >= 11 is 0. The van der Waals surface area contributed by atoms with Crippen molar-refractivity contribution in [3.05, 3.63) is 71.6 Å². The van der Waals surface area contributed by atoms with Crippen molar-refractivity contribution in [1.82, 2.24) is 5.32 Å². The largest absolute Gasteiger partial charge is 0.412 e. The average molecular weight is 408 g/mol. The van der Waals surface area contributed by atoms with Crippen LogP contribution in [0, 0.1) is 5.82 Å². The maximum absolute atomic E-state index is 13.6. The number of hydrogen-bond acceptors (Lipinski definition) is 3. The first-order valence-corrected chi connectivity index (χ1v) is 9.07. The lowest BCUT2D eigenvalue weighted by Crippen LogP contribution is -2.38. The normalized spacial score (nSPS) is 16.1. The second kappa shape index (κ2) is 9.09. The van der Waals surface area contributed by atoms with Gasteiger partial charge in [-0.15, -0.1) is 0 Å². The lowest BCUT2D eigenvalue weighted by molar-refractivity contribution is -0.162. The van der Waals surface area contributed by atoms with Gasteiger partial charge >= 0.3 is 6.18 Å². The second-order valence-electron chi connectivity index (χ2n) is 6.53. The Balaban J connectivity index is 1.78. The Labute approximate surface area is 165 Å². The Hall–Kier alpha value is -2.87. The van der Waals surface area contributed by atoms with E-state index in [1.165, 1.54) is 36.4 Å².